The van der Waals surface area contributed by atoms with E-state index < -0.39 is 0 Å². The SMILES string of the molecule is CCN1CCN(c2cnc(C(=O)NCCN3CCOCC3)cn2)CC1. The minimum absolute atomic E-state index is 0.164. The maximum Gasteiger partial charge on any atom is 0.271 e. The fraction of sp³-hybridized carbons (Fsp3) is 0.706. The number of nitrogens with zero attached hydrogens (tertiary/aromatic N) is 5. The molecule has 0 aromatic carbocycles. The van der Waals surface area contributed by atoms with Crippen molar-refractivity contribution in [2.45, 2.75) is 6.92 Å². The number of carbonyl (C=O) groups is 1. The Morgan fingerprint density at radius 3 is 2.48 bits per heavy atom. The highest BCUT2D eigenvalue weighted by Crippen LogP contribution is 2.12. The monoisotopic (exact) mass is 348 g/mol. The van der Waals surface area contributed by atoms with Crippen molar-refractivity contribution in [1.29, 1.82) is 0 Å². The highest BCUT2D eigenvalue weighted by atomic mass is 16.5. The highest BCUT2D eigenvalue weighted by Gasteiger charge is 2.18. The number of amides is 1. The van der Waals surface area contributed by atoms with Crippen LogP contribution in [0.2, 0.25) is 0 Å². The fourth-order valence-corrected chi connectivity index (χ4v) is 3.14. The van der Waals surface area contributed by atoms with Crippen LogP contribution in [-0.2, 0) is 4.74 Å². The number of hydrogen-bond donors (Lipinski definition) is 1. The van der Waals surface area contributed by atoms with E-state index in [1.54, 1.807) is 12.4 Å². The Morgan fingerprint density at radius 2 is 1.84 bits per heavy atom. The topological polar surface area (TPSA) is 73.8 Å². The predicted octanol–water partition coefficient (Wildman–Crippen LogP) is -0.319. The molecule has 2 saturated heterocycles. The third-order valence-electron chi connectivity index (χ3n) is 4.83. The van der Waals surface area contributed by atoms with E-state index in [1.165, 1.54) is 0 Å². The van der Waals surface area contributed by atoms with E-state index in [0.29, 0.717) is 12.2 Å². The first kappa shape index (κ1) is 18.0. The van der Waals surface area contributed by atoms with Crippen molar-refractivity contribution in [2.75, 3.05) is 77.0 Å². The molecule has 2 aliphatic heterocycles. The van der Waals surface area contributed by atoms with Crippen LogP contribution in [0.15, 0.2) is 12.4 Å². The Hall–Kier alpha value is -1.77. The zero-order chi connectivity index (χ0) is 17.5. The van der Waals surface area contributed by atoms with Crippen molar-refractivity contribution >= 4 is 11.7 Å². The number of rotatable bonds is 6. The summed E-state index contributed by atoms with van der Waals surface area (Å²) >= 11 is 0. The number of ether oxygens (including phenoxy) is 1. The molecule has 8 nitrogen and oxygen atoms in total. The first-order chi connectivity index (χ1) is 12.3. The maximum atomic E-state index is 12.2. The number of hydrogen-bond acceptors (Lipinski definition) is 7. The average molecular weight is 348 g/mol. The summed E-state index contributed by atoms with van der Waals surface area (Å²) in [5.74, 6) is 0.684. The zero-order valence-electron chi connectivity index (χ0n) is 15.0. The van der Waals surface area contributed by atoms with E-state index in [4.69, 9.17) is 4.74 Å². The van der Waals surface area contributed by atoms with Crippen LogP contribution in [0.3, 0.4) is 0 Å². The molecule has 0 unspecified atom stereocenters. The van der Waals surface area contributed by atoms with Gasteiger partial charge in [-0.15, -0.1) is 0 Å². The van der Waals surface area contributed by atoms with Crippen molar-refractivity contribution in [1.82, 2.24) is 25.1 Å². The van der Waals surface area contributed by atoms with Crippen molar-refractivity contribution in [2.24, 2.45) is 0 Å². The van der Waals surface area contributed by atoms with Crippen LogP contribution in [0.4, 0.5) is 5.82 Å². The molecule has 0 saturated carbocycles. The van der Waals surface area contributed by atoms with Crippen molar-refractivity contribution < 1.29 is 9.53 Å². The Morgan fingerprint density at radius 1 is 1.08 bits per heavy atom. The molecule has 1 aromatic rings. The van der Waals surface area contributed by atoms with Gasteiger partial charge >= 0.3 is 0 Å². The molecule has 8 heteroatoms. The lowest BCUT2D eigenvalue weighted by molar-refractivity contribution is 0.0383. The lowest BCUT2D eigenvalue weighted by Crippen LogP contribution is -2.46. The summed E-state index contributed by atoms with van der Waals surface area (Å²) in [5, 5.41) is 2.91. The maximum absolute atomic E-state index is 12.2. The Balaban J connectivity index is 1.44. The van der Waals surface area contributed by atoms with Crippen LogP contribution in [-0.4, -0.2) is 97.8 Å². The van der Waals surface area contributed by atoms with Crippen LogP contribution >= 0.6 is 0 Å². The summed E-state index contributed by atoms with van der Waals surface area (Å²) in [5.41, 5.74) is 0.373. The average Bonchev–Trinajstić information content (AvgIpc) is 2.69. The molecular formula is C17H28N6O2. The largest absolute Gasteiger partial charge is 0.379 e. The van der Waals surface area contributed by atoms with Crippen LogP contribution < -0.4 is 10.2 Å². The van der Waals surface area contributed by atoms with E-state index in [9.17, 15) is 4.79 Å². The van der Waals surface area contributed by atoms with Crippen LogP contribution in [0.5, 0.6) is 0 Å². The number of likely N-dealkylation sites (N-methyl/N-ethyl adjacent to an activating group) is 1. The third kappa shape index (κ3) is 5.10. The van der Waals surface area contributed by atoms with Crippen molar-refractivity contribution in [3.8, 4) is 0 Å². The molecule has 0 aliphatic carbocycles. The highest BCUT2D eigenvalue weighted by molar-refractivity contribution is 5.92. The fourth-order valence-electron chi connectivity index (χ4n) is 3.14. The lowest BCUT2D eigenvalue weighted by Gasteiger charge is -2.34. The second-order valence-electron chi connectivity index (χ2n) is 6.39. The summed E-state index contributed by atoms with van der Waals surface area (Å²) in [6.45, 7) is 12.1. The summed E-state index contributed by atoms with van der Waals surface area (Å²) in [7, 11) is 0. The van der Waals surface area contributed by atoms with E-state index >= 15 is 0 Å². The molecule has 0 spiro atoms. The molecule has 1 N–H and O–H groups in total. The molecule has 3 heterocycles. The predicted molar refractivity (Wildman–Crippen MR) is 96.0 cm³/mol. The van der Waals surface area contributed by atoms with Crippen molar-refractivity contribution in [3.05, 3.63) is 18.1 Å². The molecule has 0 atom stereocenters. The second-order valence-corrected chi connectivity index (χ2v) is 6.39. The zero-order valence-corrected chi connectivity index (χ0v) is 15.0. The van der Waals surface area contributed by atoms with Gasteiger partial charge in [-0.25, -0.2) is 9.97 Å². The van der Waals surface area contributed by atoms with E-state index in [0.717, 1.165) is 71.4 Å². The van der Waals surface area contributed by atoms with Crippen LogP contribution in [0.1, 0.15) is 17.4 Å². The minimum atomic E-state index is -0.164. The van der Waals surface area contributed by atoms with Gasteiger partial charge in [0.2, 0.25) is 0 Å². The van der Waals surface area contributed by atoms with E-state index in [2.05, 4.69) is 36.9 Å². The number of anilines is 1. The van der Waals surface area contributed by atoms with Gasteiger partial charge in [0, 0.05) is 52.4 Å². The minimum Gasteiger partial charge on any atom is -0.379 e. The first-order valence-electron chi connectivity index (χ1n) is 9.14. The summed E-state index contributed by atoms with van der Waals surface area (Å²) in [6, 6.07) is 0. The van der Waals surface area contributed by atoms with Crippen molar-refractivity contribution in [3.63, 3.8) is 0 Å². The quantitative estimate of drug-likeness (QED) is 0.755. The van der Waals surface area contributed by atoms with Gasteiger partial charge in [0.15, 0.2) is 0 Å². The molecule has 2 fully saturated rings. The summed E-state index contributed by atoms with van der Waals surface area (Å²) in [4.78, 5) is 27.8. The lowest BCUT2D eigenvalue weighted by atomic mass is 10.3. The van der Waals surface area contributed by atoms with Crippen LogP contribution in [0.25, 0.3) is 0 Å². The third-order valence-corrected chi connectivity index (χ3v) is 4.83. The van der Waals surface area contributed by atoms with E-state index in [1.807, 2.05) is 0 Å². The summed E-state index contributed by atoms with van der Waals surface area (Å²) in [6.07, 6.45) is 3.28. The molecule has 1 amide bonds. The molecular weight excluding hydrogens is 320 g/mol. The molecule has 1 aromatic heterocycles. The van der Waals surface area contributed by atoms with Gasteiger partial charge < -0.3 is 19.9 Å². The normalized spacial score (nSPS) is 19.8. The van der Waals surface area contributed by atoms with Gasteiger partial charge in [0.25, 0.3) is 5.91 Å². The standard InChI is InChI=1S/C17H28N6O2/c1-2-21-5-7-23(8-6-21)16-14-19-15(13-20-16)17(24)18-3-4-22-9-11-25-12-10-22/h13-14H,2-12H2,1H3,(H,18,24). The Labute approximate surface area is 149 Å². The molecule has 25 heavy (non-hydrogen) atoms. The first-order valence-corrected chi connectivity index (χ1v) is 9.14. The number of piperazine rings is 1. The number of aromatic nitrogens is 2. The van der Waals surface area contributed by atoms with Gasteiger partial charge in [-0.3, -0.25) is 9.69 Å². The van der Waals surface area contributed by atoms with Gasteiger partial charge in [0.1, 0.15) is 11.5 Å². The van der Waals surface area contributed by atoms with Crippen LogP contribution in [0, 0.1) is 0 Å². The smallest absolute Gasteiger partial charge is 0.271 e. The molecule has 138 valence electrons. The molecule has 2 aliphatic rings. The van der Waals surface area contributed by atoms with Gasteiger partial charge in [-0.05, 0) is 6.54 Å². The molecule has 0 bridgehead atoms. The van der Waals surface area contributed by atoms with Gasteiger partial charge in [0.05, 0.1) is 25.6 Å². The number of carbonyl (C=O) groups excluding carboxylic acids is 1. The van der Waals surface area contributed by atoms with Gasteiger partial charge in [-0.2, -0.15) is 0 Å². The molecule has 3 rings (SSSR count). The Kier molecular flexibility index (Phi) is 6.55. The Bertz CT molecular complexity index is 539. The number of morpholine rings is 1. The van der Waals surface area contributed by atoms with Gasteiger partial charge in [-0.1, -0.05) is 6.92 Å². The van der Waals surface area contributed by atoms with E-state index in [-0.39, 0.29) is 5.91 Å². The summed E-state index contributed by atoms with van der Waals surface area (Å²) < 4.78 is 5.32. The number of nitrogens with one attached hydrogen (secondary N) is 1. The second kappa shape index (κ2) is 9.07. The molecule has 0 radical (unpaired) electrons.